The Hall–Kier alpha value is -1.76. The number of hydrogen-bond donors (Lipinski definition) is 1. The Labute approximate surface area is 136 Å². The number of rotatable bonds is 3. The standard InChI is InChI=1S/C16H15N3OS2/c1-9-12(3-2-6-18-9)20-16-14-11(13(7-17)21-16)5-4-10-8-19-22-15(10)14/h2-3,6,8H,4-5,7,17H2,1H3. The van der Waals surface area contributed by atoms with Crippen LogP contribution in [-0.4, -0.2) is 9.36 Å². The van der Waals surface area contributed by atoms with Crippen LogP contribution in [0.4, 0.5) is 0 Å². The van der Waals surface area contributed by atoms with Crippen molar-refractivity contribution in [1.29, 1.82) is 0 Å². The van der Waals surface area contributed by atoms with Crippen molar-refractivity contribution in [2.75, 3.05) is 0 Å². The largest absolute Gasteiger partial charge is 0.444 e. The second kappa shape index (κ2) is 5.46. The van der Waals surface area contributed by atoms with Crippen LogP contribution in [0.15, 0.2) is 24.5 Å². The first-order chi connectivity index (χ1) is 10.8. The number of thiophene rings is 1. The van der Waals surface area contributed by atoms with Gasteiger partial charge in [-0.2, -0.15) is 0 Å². The van der Waals surface area contributed by atoms with Crippen LogP contribution in [0.3, 0.4) is 0 Å². The highest BCUT2D eigenvalue weighted by atomic mass is 32.1. The van der Waals surface area contributed by atoms with E-state index in [4.69, 9.17) is 10.5 Å². The van der Waals surface area contributed by atoms with Crippen LogP contribution in [0.2, 0.25) is 0 Å². The molecule has 2 N–H and O–H groups in total. The summed E-state index contributed by atoms with van der Waals surface area (Å²) < 4.78 is 10.5. The van der Waals surface area contributed by atoms with Crippen molar-refractivity contribution in [3.8, 4) is 21.3 Å². The van der Waals surface area contributed by atoms with Crippen LogP contribution >= 0.6 is 22.9 Å². The van der Waals surface area contributed by atoms with Gasteiger partial charge in [0.2, 0.25) is 0 Å². The number of ether oxygens (including phenoxy) is 1. The summed E-state index contributed by atoms with van der Waals surface area (Å²) in [4.78, 5) is 6.74. The molecule has 0 fully saturated rings. The molecule has 1 aliphatic rings. The van der Waals surface area contributed by atoms with Gasteiger partial charge in [-0.3, -0.25) is 4.98 Å². The molecule has 0 amide bonds. The predicted molar refractivity (Wildman–Crippen MR) is 89.8 cm³/mol. The van der Waals surface area contributed by atoms with Gasteiger partial charge in [-0.1, -0.05) is 0 Å². The van der Waals surface area contributed by atoms with Gasteiger partial charge in [0.05, 0.1) is 16.1 Å². The van der Waals surface area contributed by atoms with Crippen LogP contribution in [0.5, 0.6) is 10.8 Å². The molecule has 3 aromatic heterocycles. The van der Waals surface area contributed by atoms with Gasteiger partial charge in [0.1, 0.15) is 5.75 Å². The summed E-state index contributed by atoms with van der Waals surface area (Å²) in [7, 11) is 0. The highest BCUT2D eigenvalue weighted by Crippen LogP contribution is 2.49. The maximum atomic E-state index is 6.20. The average molecular weight is 329 g/mol. The summed E-state index contributed by atoms with van der Waals surface area (Å²) in [5.74, 6) is 0.798. The molecule has 3 aromatic rings. The minimum Gasteiger partial charge on any atom is -0.444 e. The first kappa shape index (κ1) is 13.9. The Kier molecular flexibility index (Phi) is 3.44. The summed E-state index contributed by atoms with van der Waals surface area (Å²) in [6.07, 6.45) is 5.80. The Morgan fingerprint density at radius 1 is 1.36 bits per heavy atom. The Morgan fingerprint density at radius 2 is 2.27 bits per heavy atom. The van der Waals surface area contributed by atoms with Crippen molar-refractivity contribution in [3.63, 3.8) is 0 Å². The third-order valence-electron chi connectivity index (χ3n) is 3.92. The molecule has 0 bridgehead atoms. The number of hydrogen-bond acceptors (Lipinski definition) is 6. The molecule has 0 saturated heterocycles. The van der Waals surface area contributed by atoms with E-state index in [0.29, 0.717) is 6.54 Å². The normalized spacial score (nSPS) is 12.8. The molecule has 0 aliphatic heterocycles. The Morgan fingerprint density at radius 3 is 3.09 bits per heavy atom. The van der Waals surface area contributed by atoms with Crippen LogP contribution < -0.4 is 10.5 Å². The molecule has 0 radical (unpaired) electrons. The lowest BCUT2D eigenvalue weighted by atomic mass is 9.93. The molecule has 4 rings (SSSR count). The first-order valence-corrected chi connectivity index (χ1v) is 8.75. The average Bonchev–Trinajstić information content (AvgIpc) is 3.13. The van der Waals surface area contributed by atoms with Crippen LogP contribution in [0.1, 0.15) is 21.7 Å². The van der Waals surface area contributed by atoms with Gasteiger partial charge in [-0.25, -0.2) is 4.37 Å². The smallest absolute Gasteiger partial charge is 0.190 e. The monoisotopic (exact) mass is 329 g/mol. The topological polar surface area (TPSA) is 61.0 Å². The number of fused-ring (bicyclic) bond motifs is 3. The third-order valence-corrected chi connectivity index (χ3v) is 5.91. The predicted octanol–water partition coefficient (Wildman–Crippen LogP) is 3.92. The van der Waals surface area contributed by atoms with E-state index in [0.717, 1.165) is 29.3 Å². The molecule has 22 heavy (non-hydrogen) atoms. The van der Waals surface area contributed by atoms with Crippen molar-refractivity contribution in [2.24, 2.45) is 5.73 Å². The highest BCUT2D eigenvalue weighted by molar-refractivity contribution is 7.15. The molecule has 0 unspecified atom stereocenters. The molecule has 0 aromatic carbocycles. The van der Waals surface area contributed by atoms with Gasteiger partial charge in [0.25, 0.3) is 0 Å². The van der Waals surface area contributed by atoms with Crippen molar-refractivity contribution < 1.29 is 4.74 Å². The zero-order valence-electron chi connectivity index (χ0n) is 12.1. The molecule has 0 atom stereocenters. The van der Waals surface area contributed by atoms with Crippen LogP contribution in [-0.2, 0) is 19.4 Å². The molecule has 0 spiro atoms. The van der Waals surface area contributed by atoms with Crippen LogP contribution in [0.25, 0.3) is 10.4 Å². The summed E-state index contributed by atoms with van der Waals surface area (Å²) in [6, 6.07) is 3.84. The van der Waals surface area contributed by atoms with E-state index in [1.54, 1.807) is 29.1 Å². The second-order valence-corrected chi connectivity index (χ2v) is 7.11. The summed E-state index contributed by atoms with van der Waals surface area (Å²) in [5, 5.41) is 0.914. The summed E-state index contributed by atoms with van der Waals surface area (Å²) in [5.41, 5.74) is 10.7. The van der Waals surface area contributed by atoms with Gasteiger partial charge >= 0.3 is 0 Å². The molecule has 6 heteroatoms. The fourth-order valence-electron chi connectivity index (χ4n) is 2.80. The van der Waals surface area contributed by atoms with Crippen molar-refractivity contribution in [3.05, 3.63) is 46.2 Å². The lowest BCUT2D eigenvalue weighted by Crippen LogP contribution is -2.04. The first-order valence-electron chi connectivity index (χ1n) is 7.16. The third kappa shape index (κ3) is 2.15. The maximum Gasteiger partial charge on any atom is 0.190 e. The summed E-state index contributed by atoms with van der Waals surface area (Å²) in [6.45, 7) is 2.51. The van der Waals surface area contributed by atoms with E-state index in [-0.39, 0.29) is 0 Å². The van der Waals surface area contributed by atoms with Crippen molar-refractivity contribution in [2.45, 2.75) is 26.3 Å². The van der Waals surface area contributed by atoms with E-state index >= 15 is 0 Å². The van der Waals surface area contributed by atoms with Gasteiger partial charge in [-0.05, 0) is 54.6 Å². The maximum absolute atomic E-state index is 6.20. The fraction of sp³-hybridized carbons (Fsp3) is 0.250. The van der Waals surface area contributed by atoms with Gasteiger partial charge in [0.15, 0.2) is 5.06 Å². The minimum atomic E-state index is 0.552. The second-order valence-electron chi connectivity index (χ2n) is 5.24. The molecular weight excluding hydrogens is 314 g/mol. The quantitative estimate of drug-likeness (QED) is 0.791. The SMILES string of the molecule is Cc1ncccc1Oc1sc(CN)c2c1-c1sncc1CC2. The van der Waals surface area contributed by atoms with E-state index in [9.17, 15) is 0 Å². The molecule has 3 heterocycles. The highest BCUT2D eigenvalue weighted by Gasteiger charge is 2.27. The van der Waals surface area contributed by atoms with E-state index in [1.807, 2.05) is 25.3 Å². The molecule has 0 saturated carbocycles. The van der Waals surface area contributed by atoms with Crippen LogP contribution in [0, 0.1) is 6.92 Å². The van der Waals surface area contributed by atoms with Crippen molar-refractivity contribution >= 4 is 22.9 Å². The lowest BCUT2D eigenvalue weighted by Gasteiger charge is -2.14. The number of aromatic nitrogens is 2. The van der Waals surface area contributed by atoms with Gasteiger partial charge < -0.3 is 10.5 Å². The van der Waals surface area contributed by atoms with E-state index in [2.05, 4.69) is 9.36 Å². The minimum absolute atomic E-state index is 0.552. The molecule has 1 aliphatic carbocycles. The number of nitrogens with two attached hydrogens (primary N) is 1. The lowest BCUT2D eigenvalue weighted by molar-refractivity contribution is 0.490. The fourth-order valence-corrected chi connectivity index (χ4v) is 4.82. The Balaban J connectivity index is 1.85. The Bertz CT molecular complexity index is 838. The number of nitrogens with zero attached hydrogens (tertiary/aromatic N) is 2. The zero-order chi connectivity index (χ0) is 15.1. The number of aryl methyl sites for hydroxylation is 2. The van der Waals surface area contributed by atoms with E-state index in [1.165, 1.54) is 26.4 Å². The van der Waals surface area contributed by atoms with Crippen molar-refractivity contribution in [1.82, 2.24) is 9.36 Å². The summed E-state index contributed by atoms with van der Waals surface area (Å²) >= 11 is 3.19. The molecule has 112 valence electrons. The van der Waals surface area contributed by atoms with E-state index < -0.39 is 0 Å². The van der Waals surface area contributed by atoms with Gasteiger partial charge in [0, 0.05) is 23.8 Å². The van der Waals surface area contributed by atoms with Gasteiger partial charge in [-0.15, -0.1) is 11.3 Å². The molecular formula is C16H15N3OS2. The zero-order valence-corrected chi connectivity index (χ0v) is 13.8. The number of pyridine rings is 1. The molecule has 4 nitrogen and oxygen atoms in total.